The minimum Gasteiger partial charge on any atom is -0.497 e. The van der Waals surface area contributed by atoms with Gasteiger partial charge in [0, 0.05) is 31.8 Å². The number of pyridine rings is 1. The van der Waals surface area contributed by atoms with Crippen molar-refractivity contribution < 1.29 is 9.47 Å². The molecule has 0 unspecified atom stereocenters. The average molecular weight is 477 g/mol. The van der Waals surface area contributed by atoms with E-state index in [0.29, 0.717) is 37.6 Å². The Balaban J connectivity index is 1.71. The molecule has 184 valence electrons. The molecule has 35 heavy (non-hydrogen) atoms. The van der Waals surface area contributed by atoms with E-state index in [1.807, 2.05) is 24.3 Å². The van der Waals surface area contributed by atoms with E-state index >= 15 is 0 Å². The van der Waals surface area contributed by atoms with Gasteiger partial charge in [-0.1, -0.05) is 36.8 Å². The molecule has 0 radical (unpaired) electrons. The predicted molar refractivity (Wildman–Crippen MR) is 134 cm³/mol. The van der Waals surface area contributed by atoms with Crippen molar-refractivity contribution in [3.63, 3.8) is 0 Å². The van der Waals surface area contributed by atoms with Gasteiger partial charge in [-0.05, 0) is 52.9 Å². The maximum absolute atomic E-state index is 13.1. The standard InChI is InChI=1S/C26H32N6O3/c1-5-24(25-28-29-30-32(25)12-13-34-3)31(16-19-8-6-18(2)7-9-19)17-21-14-20-10-11-22(35-4)15-23(20)27-26(21)33/h6-11,14-15,24H,5,12-13,16-17H2,1-4H3,(H,27,33)/t24-/m1/s1. The van der Waals surface area contributed by atoms with Gasteiger partial charge in [0.05, 0.1) is 31.8 Å². The van der Waals surface area contributed by atoms with E-state index in [9.17, 15) is 4.79 Å². The number of hydrogen-bond donors (Lipinski definition) is 1. The van der Waals surface area contributed by atoms with E-state index in [4.69, 9.17) is 9.47 Å². The quantitative estimate of drug-likeness (QED) is 0.353. The average Bonchev–Trinajstić information content (AvgIpc) is 3.32. The number of aryl methyl sites for hydroxylation is 1. The summed E-state index contributed by atoms with van der Waals surface area (Å²) in [6.07, 6.45) is 0.780. The zero-order valence-corrected chi connectivity index (χ0v) is 20.7. The molecule has 2 aromatic carbocycles. The number of tetrazole rings is 1. The van der Waals surface area contributed by atoms with E-state index < -0.39 is 0 Å². The molecule has 0 saturated carbocycles. The maximum atomic E-state index is 13.1. The number of hydrogen-bond acceptors (Lipinski definition) is 7. The predicted octanol–water partition coefficient (Wildman–Crippen LogP) is 3.63. The minimum atomic E-state index is -0.117. The fraction of sp³-hybridized carbons (Fsp3) is 0.385. The number of rotatable bonds is 11. The Bertz CT molecular complexity index is 1310. The van der Waals surface area contributed by atoms with Crippen molar-refractivity contribution in [1.82, 2.24) is 30.1 Å². The van der Waals surface area contributed by atoms with E-state index in [2.05, 4.69) is 63.5 Å². The second-order valence-electron chi connectivity index (χ2n) is 8.64. The van der Waals surface area contributed by atoms with Gasteiger partial charge in [0.25, 0.3) is 5.56 Å². The Morgan fingerprint density at radius 1 is 1.09 bits per heavy atom. The van der Waals surface area contributed by atoms with Gasteiger partial charge in [-0.3, -0.25) is 9.69 Å². The molecular formula is C26H32N6O3. The normalized spacial score (nSPS) is 12.4. The van der Waals surface area contributed by atoms with E-state index in [0.717, 1.165) is 28.7 Å². The summed E-state index contributed by atoms with van der Waals surface area (Å²) in [7, 11) is 3.27. The maximum Gasteiger partial charge on any atom is 0.252 e. The van der Waals surface area contributed by atoms with Crippen LogP contribution in [0.15, 0.2) is 53.3 Å². The molecule has 9 nitrogen and oxygen atoms in total. The highest BCUT2D eigenvalue weighted by molar-refractivity contribution is 5.80. The molecule has 2 heterocycles. The summed E-state index contributed by atoms with van der Waals surface area (Å²) >= 11 is 0. The van der Waals surface area contributed by atoms with Crippen molar-refractivity contribution in [1.29, 1.82) is 0 Å². The summed E-state index contributed by atoms with van der Waals surface area (Å²) in [5.74, 6) is 1.47. The van der Waals surface area contributed by atoms with Gasteiger partial charge in [0.2, 0.25) is 0 Å². The molecule has 0 fully saturated rings. The molecule has 4 rings (SSSR count). The van der Waals surface area contributed by atoms with Crippen LogP contribution >= 0.6 is 0 Å². The molecule has 0 aliphatic heterocycles. The summed E-state index contributed by atoms with van der Waals surface area (Å²) < 4.78 is 12.3. The van der Waals surface area contributed by atoms with Gasteiger partial charge in [0.15, 0.2) is 5.82 Å². The van der Waals surface area contributed by atoms with Gasteiger partial charge < -0.3 is 14.5 Å². The molecule has 0 aliphatic rings. The van der Waals surface area contributed by atoms with Crippen LogP contribution in [-0.4, -0.2) is 50.9 Å². The van der Waals surface area contributed by atoms with Crippen molar-refractivity contribution in [3.05, 3.63) is 81.4 Å². The molecule has 1 atom stereocenters. The van der Waals surface area contributed by atoms with Crippen LogP contribution in [0.1, 0.15) is 41.9 Å². The van der Waals surface area contributed by atoms with E-state index in [1.165, 1.54) is 5.56 Å². The SMILES string of the molecule is CC[C@H](c1nnnn1CCOC)N(Cc1ccc(C)cc1)Cc1cc2ccc(OC)cc2[nH]c1=O. The van der Waals surface area contributed by atoms with Gasteiger partial charge in [0.1, 0.15) is 5.75 Å². The molecule has 0 aliphatic carbocycles. The molecule has 0 spiro atoms. The number of nitrogens with one attached hydrogen (secondary N) is 1. The van der Waals surface area contributed by atoms with Crippen LogP contribution in [0.2, 0.25) is 0 Å². The lowest BCUT2D eigenvalue weighted by Crippen LogP contribution is -2.32. The molecule has 4 aromatic rings. The number of benzene rings is 2. The van der Waals surface area contributed by atoms with Crippen molar-refractivity contribution in [2.45, 2.75) is 45.9 Å². The number of ether oxygens (including phenoxy) is 2. The zero-order valence-electron chi connectivity index (χ0n) is 20.7. The van der Waals surface area contributed by atoms with Crippen molar-refractivity contribution in [3.8, 4) is 5.75 Å². The van der Waals surface area contributed by atoms with E-state index in [1.54, 1.807) is 18.9 Å². The third-order valence-corrected chi connectivity index (χ3v) is 6.20. The highest BCUT2D eigenvalue weighted by Crippen LogP contribution is 2.27. The van der Waals surface area contributed by atoms with Crippen molar-refractivity contribution in [2.75, 3.05) is 20.8 Å². The first kappa shape index (κ1) is 24.6. The Morgan fingerprint density at radius 3 is 2.60 bits per heavy atom. The molecule has 0 amide bonds. The van der Waals surface area contributed by atoms with Crippen molar-refractivity contribution >= 4 is 10.9 Å². The Morgan fingerprint density at radius 2 is 1.89 bits per heavy atom. The molecule has 0 bridgehead atoms. The monoisotopic (exact) mass is 476 g/mol. The van der Waals surface area contributed by atoms with Gasteiger partial charge >= 0.3 is 0 Å². The smallest absolute Gasteiger partial charge is 0.252 e. The zero-order chi connectivity index (χ0) is 24.8. The fourth-order valence-corrected chi connectivity index (χ4v) is 4.28. The number of methoxy groups -OCH3 is 2. The number of H-pyrrole nitrogens is 1. The second kappa shape index (κ2) is 11.2. The topological polar surface area (TPSA) is 98.2 Å². The molecule has 2 aromatic heterocycles. The Hall–Kier alpha value is -3.56. The second-order valence-corrected chi connectivity index (χ2v) is 8.64. The summed E-state index contributed by atoms with van der Waals surface area (Å²) in [5, 5.41) is 13.4. The minimum absolute atomic E-state index is 0.0888. The number of aromatic amines is 1. The first-order valence-corrected chi connectivity index (χ1v) is 11.8. The van der Waals surface area contributed by atoms with Gasteiger partial charge in [-0.2, -0.15) is 0 Å². The van der Waals surface area contributed by atoms with Crippen LogP contribution in [0.4, 0.5) is 0 Å². The van der Waals surface area contributed by atoms with Crippen molar-refractivity contribution in [2.24, 2.45) is 0 Å². The lowest BCUT2D eigenvalue weighted by molar-refractivity contribution is 0.151. The lowest BCUT2D eigenvalue weighted by Gasteiger charge is -2.30. The van der Waals surface area contributed by atoms with Crippen LogP contribution in [0.25, 0.3) is 10.9 Å². The number of fused-ring (bicyclic) bond motifs is 1. The number of nitrogens with zero attached hydrogens (tertiary/aromatic N) is 5. The summed E-state index contributed by atoms with van der Waals surface area (Å²) in [6, 6.07) is 16.0. The van der Waals surface area contributed by atoms with Crippen LogP contribution in [-0.2, 0) is 24.4 Å². The lowest BCUT2D eigenvalue weighted by atomic mass is 10.1. The first-order chi connectivity index (χ1) is 17.0. The van der Waals surface area contributed by atoms with Crippen LogP contribution in [0.5, 0.6) is 5.75 Å². The largest absolute Gasteiger partial charge is 0.497 e. The van der Waals surface area contributed by atoms with Crippen LogP contribution in [0.3, 0.4) is 0 Å². The fourth-order valence-electron chi connectivity index (χ4n) is 4.28. The Labute approximate surface area is 204 Å². The highest BCUT2D eigenvalue weighted by atomic mass is 16.5. The first-order valence-electron chi connectivity index (χ1n) is 11.8. The van der Waals surface area contributed by atoms with Gasteiger partial charge in [-0.15, -0.1) is 5.10 Å². The number of aromatic nitrogens is 5. The van der Waals surface area contributed by atoms with Crippen LogP contribution < -0.4 is 10.3 Å². The summed E-state index contributed by atoms with van der Waals surface area (Å²) in [6.45, 7) is 6.35. The third-order valence-electron chi connectivity index (χ3n) is 6.20. The molecule has 1 N–H and O–H groups in total. The van der Waals surface area contributed by atoms with Crippen LogP contribution in [0, 0.1) is 6.92 Å². The van der Waals surface area contributed by atoms with E-state index in [-0.39, 0.29) is 11.6 Å². The summed E-state index contributed by atoms with van der Waals surface area (Å²) in [5.41, 5.74) is 3.68. The molecular weight excluding hydrogens is 444 g/mol. The molecule has 9 heteroatoms. The molecule has 0 saturated heterocycles. The summed E-state index contributed by atoms with van der Waals surface area (Å²) in [4.78, 5) is 18.4. The van der Waals surface area contributed by atoms with Gasteiger partial charge in [-0.25, -0.2) is 4.68 Å². The Kier molecular flexibility index (Phi) is 7.89. The third kappa shape index (κ3) is 5.75. The highest BCUT2D eigenvalue weighted by Gasteiger charge is 2.26.